The quantitative estimate of drug-likeness (QED) is 0.418. The Morgan fingerprint density at radius 2 is 1.72 bits per heavy atom. The lowest BCUT2D eigenvalue weighted by atomic mass is 9.71. The van der Waals surface area contributed by atoms with Crippen molar-refractivity contribution in [1.82, 2.24) is 29.0 Å². The number of halogens is 1. The Bertz CT molecular complexity index is 1470. The number of piperidine rings is 1. The van der Waals surface area contributed by atoms with Gasteiger partial charge in [-0.05, 0) is 57.3 Å². The maximum atomic E-state index is 15.9. The van der Waals surface area contributed by atoms with Crippen LogP contribution in [0.1, 0.15) is 124 Å². The molecule has 0 unspecified atom stereocenters. The topological polar surface area (TPSA) is 97.6 Å². The third-order valence-electron chi connectivity index (χ3n) is 10.8. The molecule has 1 aliphatic carbocycles. The molecule has 3 aliphatic heterocycles. The van der Waals surface area contributed by atoms with Crippen LogP contribution in [0.2, 0.25) is 0 Å². The number of aromatic nitrogens is 5. The summed E-state index contributed by atoms with van der Waals surface area (Å²) in [6.07, 6.45) is 18.9. The molecule has 1 spiro atoms. The van der Waals surface area contributed by atoms with Gasteiger partial charge in [-0.2, -0.15) is 9.49 Å². The molecule has 2 saturated heterocycles. The minimum Gasteiger partial charge on any atom is -0.355 e. The van der Waals surface area contributed by atoms with E-state index in [1.54, 1.807) is 4.57 Å². The van der Waals surface area contributed by atoms with Gasteiger partial charge in [0.25, 0.3) is 5.91 Å². The maximum absolute atomic E-state index is 15.9. The molecule has 0 bridgehead atoms. The molecule has 3 aromatic rings. The molecule has 0 aromatic carbocycles. The summed E-state index contributed by atoms with van der Waals surface area (Å²) in [4.78, 5) is 27.8. The summed E-state index contributed by atoms with van der Waals surface area (Å²) < 4.78 is 19.4. The van der Waals surface area contributed by atoms with Gasteiger partial charge < -0.3 is 20.1 Å². The molecule has 2 N–H and O–H groups in total. The van der Waals surface area contributed by atoms with E-state index in [4.69, 9.17) is 20.8 Å². The molecule has 9 nitrogen and oxygen atoms in total. The zero-order chi connectivity index (χ0) is 29.6. The van der Waals surface area contributed by atoms with E-state index in [0.29, 0.717) is 13.1 Å². The van der Waals surface area contributed by atoms with Crippen LogP contribution in [-0.2, 0) is 13.0 Å². The highest BCUT2D eigenvalue weighted by Gasteiger charge is 2.40. The second-order valence-corrected chi connectivity index (χ2v) is 13.8. The van der Waals surface area contributed by atoms with Crippen LogP contribution >= 0.6 is 0 Å². The highest BCUT2D eigenvalue weighted by atomic mass is 19.1. The third-order valence-corrected chi connectivity index (χ3v) is 10.8. The van der Waals surface area contributed by atoms with E-state index in [0.717, 1.165) is 80.2 Å². The number of rotatable bonds is 3. The number of nitrogens with two attached hydrogens (primary N) is 1. The lowest BCUT2D eigenvalue weighted by molar-refractivity contribution is 0.0594. The van der Waals surface area contributed by atoms with Crippen molar-refractivity contribution in [1.29, 1.82) is 0 Å². The first-order valence-corrected chi connectivity index (χ1v) is 16.8. The molecular formula is C33H47FN8O. The van der Waals surface area contributed by atoms with Crippen LogP contribution in [0.4, 0.5) is 10.2 Å². The first kappa shape index (κ1) is 28.7. The van der Waals surface area contributed by atoms with Crippen LogP contribution in [0.3, 0.4) is 0 Å². The summed E-state index contributed by atoms with van der Waals surface area (Å²) in [6, 6.07) is 1.94. The van der Waals surface area contributed by atoms with Gasteiger partial charge in [-0.25, -0.2) is 14.5 Å². The van der Waals surface area contributed by atoms with Gasteiger partial charge in [-0.1, -0.05) is 44.9 Å². The van der Waals surface area contributed by atoms with Crippen LogP contribution in [-0.4, -0.2) is 60.6 Å². The van der Waals surface area contributed by atoms with E-state index in [-0.39, 0.29) is 29.1 Å². The molecule has 6 heterocycles. The number of fused-ring (bicyclic) bond motifs is 2. The Balaban J connectivity index is 1.14. The summed E-state index contributed by atoms with van der Waals surface area (Å²) in [6.45, 7) is 4.95. The second kappa shape index (κ2) is 11.8. The molecule has 232 valence electrons. The number of amides is 1. The number of hydrogen-bond donors (Lipinski definition) is 1. The molecule has 3 aromatic heterocycles. The van der Waals surface area contributed by atoms with E-state index in [2.05, 4.69) is 11.8 Å². The number of carbonyl (C=O) groups excluding carboxylic acids is 1. The first-order valence-electron chi connectivity index (χ1n) is 16.8. The van der Waals surface area contributed by atoms with Crippen LogP contribution in [0, 0.1) is 18.3 Å². The molecule has 7 rings (SSSR count). The third kappa shape index (κ3) is 5.56. The Morgan fingerprint density at radius 3 is 2.47 bits per heavy atom. The second-order valence-electron chi connectivity index (χ2n) is 13.8. The van der Waals surface area contributed by atoms with E-state index in [9.17, 15) is 4.79 Å². The van der Waals surface area contributed by atoms with Crippen molar-refractivity contribution in [3.05, 3.63) is 41.0 Å². The standard InChI is InChI=1S/C33H47FN8O/c1-23-21-42-27(37-31(23)39-17-12-24(35)22-39)19-25(38-42)26-11-7-10-16-40(26)32(43)29-30(34)41-18-15-33(20-28(41)36-29)13-8-5-3-2-4-6-9-14-33/h19,21,24,26H,2-18,20,22,35H2,1H3/t24-,26-/m0/s1. The Kier molecular flexibility index (Phi) is 7.90. The van der Waals surface area contributed by atoms with Gasteiger partial charge >= 0.3 is 0 Å². The maximum Gasteiger partial charge on any atom is 0.277 e. The summed E-state index contributed by atoms with van der Waals surface area (Å²) in [5.41, 5.74) is 8.96. The largest absolute Gasteiger partial charge is 0.355 e. The van der Waals surface area contributed by atoms with Gasteiger partial charge in [0.2, 0.25) is 5.95 Å². The summed E-state index contributed by atoms with van der Waals surface area (Å²) >= 11 is 0. The number of imidazole rings is 1. The van der Waals surface area contributed by atoms with Crippen LogP contribution in [0.5, 0.6) is 0 Å². The minimum absolute atomic E-state index is 0.00999. The molecule has 1 amide bonds. The van der Waals surface area contributed by atoms with Crippen molar-refractivity contribution in [3.63, 3.8) is 0 Å². The summed E-state index contributed by atoms with van der Waals surface area (Å²) in [7, 11) is 0. The van der Waals surface area contributed by atoms with Crippen molar-refractivity contribution in [3.8, 4) is 0 Å². The predicted molar refractivity (Wildman–Crippen MR) is 165 cm³/mol. The van der Waals surface area contributed by atoms with Crippen LogP contribution in [0.25, 0.3) is 5.65 Å². The fraction of sp³-hybridized carbons (Fsp3) is 0.697. The number of carbonyl (C=O) groups is 1. The Morgan fingerprint density at radius 1 is 0.953 bits per heavy atom. The number of likely N-dealkylation sites (tertiary alicyclic amines) is 1. The number of aryl methyl sites for hydroxylation is 1. The summed E-state index contributed by atoms with van der Waals surface area (Å²) in [5.74, 6) is 0.943. The molecule has 10 heteroatoms. The fourth-order valence-electron chi connectivity index (χ4n) is 8.28. The highest BCUT2D eigenvalue weighted by molar-refractivity contribution is 5.93. The summed E-state index contributed by atoms with van der Waals surface area (Å²) in [5, 5.41) is 4.88. The molecule has 4 aliphatic rings. The lowest BCUT2D eigenvalue weighted by Gasteiger charge is -2.38. The number of nitrogens with zero attached hydrogens (tertiary/aromatic N) is 7. The van der Waals surface area contributed by atoms with Gasteiger partial charge in [-0.15, -0.1) is 0 Å². The molecule has 43 heavy (non-hydrogen) atoms. The Hall–Kier alpha value is -3.01. The predicted octanol–water partition coefficient (Wildman–Crippen LogP) is 5.74. The average molecular weight is 591 g/mol. The normalized spacial score (nSPS) is 24.9. The average Bonchev–Trinajstić information content (AvgIpc) is 3.72. The highest BCUT2D eigenvalue weighted by Crippen LogP contribution is 2.43. The van der Waals surface area contributed by atoms with Gasteiger partial charge in [-0.3, -0.25) is 4.79 Å². The van der Waals surface area contributed by atoms with Crippen LogP contribution in [0.15, 0.2) is 12.3 Å². The van der Waals surface area contributed by atoms with Crippen molar-refractivity contribution >= 4 is 17.4 Å². The molecule has 3 fully saturated rings. The van der Waals surface area contributed by atoms with Gasteiger partial charge in [0, 0.05) is 56.5 Å². The minimum atomic E-state index is -0.459. The van der Waals surface area contributed by atoms with Crippen LogP contribution < -0.4 is 10.6 Å². The van der Waals surface area contributed by atoms with Crippen molar-refractivity contribution in [2.45, 2.75) is 122 Å². The molecule has 0 radical (unpaired) electrons. The monoisotopic (exact) mass is 590 g/mol. The van der Waals surface area contributed by atoms with E-state index < -0.39 is 5.95 Å². The molecule has 1 saturated carbocycles. The van der Waals surface area contributed by atoms with E-state index >= 15 is 4.39 Å². The van der Waals surface area contributed by atoms with Crippen molar-refractivity contribution in [2.24, 2.45) is 11.1 Å². The Labute approximate surface area is 254 Å². The molecule has 2 atom stereocenters. The van der Waals surface area contributed by atoms with E-state index in [1.807, 2.05) is 21.7 Å². The molecular weight excluding hydrogens is 543 g/mol. The number of anilines is 1. The number of hydrogen-bond acceptors (Lipinski definition) is 6. The van der Waals surface area contributed by atoms with Gasteiger partial charge in [0.05, 0.1) is 11.7 Å². The first-order chi connectivity index (χ1) is 20.9. The lowest BCUT2D eigenvalue weighted by Crippen LogP contribution is -2.39. The van der Waals surface area contributed by atoms with Crippen molar-refractivity contribution < 1.29 is 9.18 Å². The zero-order valence-corrected chi connectivity index (χ0v) is 25.7. The van der Waals surface area contributed by atoms with Gasteiger partial charge in [0.1, 0.15) is 11.6 Å². The smallest absolute Gasteiger partial charge is 0.277 e. The zero-order valence-electron chi connectivity index (χ0n) is 25.7. The SMILES string of the molecule is Cc1cn2nc([C@@H]3CCCCN3C(=O)c3nc4n(c3F)CCC3(CCCCCCCCC3)C4)cc2nc1N1CC[C@H](N)C1. The van der Waals surface area contributed by atoms with Crippen molar-refractivity contribution in [2.75, 3.05) is 24.5 Å². The van der Waals surface area contributed by atoms with E-state index in [1.165, 1.54) is 57.8 Å². The van der Waals surface area contributed by atoms with Gasteiger partial charge in [0.15, 0.2) is 11.3 Å². The fourth-order valence-corrected chi connectivity index (χ4v) is 8.28.